The number of nitrogens with zero attached hydrogens (tertiary/aromatic N) is 2. The highest BCUT2D eigenvalue weighted by atomic mass is 32.1. The molecule has 0 bridgehead atoms. The molecule has 0 unspecified atom stereocenters. The van der Waals surface area contributed by atoms with Crippen LogP contribution in [-0.4, -0.2) is 28.9 Å². The lowest BCUT2D eigenvalue weighted by Gasteiger charge is -2.25. The number of aromatic nitrogens is 1. The maximum absolute atomic E-state index is 12.3. The van der Waals surface area contributed by atoms with Crippen LogP contribution < -0.4 is 10.1 Å². The van der Waals surface area contributed by atoms with Crippen molar-refractivity contribution in [1.82, 2.24) is 9.88 Å². The summed E-state index contributed by atoms with van der Waals surface area (Å²) in [4.78, 5) is 20.6. The Morgan fingerprint density at radius 2 is 2.00 bits per heavy atom. The molecule has 0 radical (unpaired) electrons. The lowest BCUT2D eigenvalue weighted by atomic mass is 10.1. The third-order valence-corrected chi connectivity index (χ3v) is 6.22. The number of rotatable bonds is 6. The predicted molar refractivity (Wildman–Crippen MR) is 116 cm³/mol. The number of amides is 1. The first-order valence-corrected chi connectivity index (χ1v) is 10.6. The zero-order chi connectivity index (χ0) is 20.2. The average Bonchev–Trinajstić information content (AvgIpc) is 3.11. The van der Waals surface area contributed by atoms with Crippen LogP contribution in [0, 0.1) is 13.8 Å². The van der Waals surface area contributed by atoms with E-state index >= 15 is 0 Å². The Bertz CT molecular complexity index is 1000. The third kappa shape index (κ3) is 4.83. The molecule has 0 aliphatic carbocycles. The molecule has 150 valence electrons. The normalized spacial score (nSPS) is 13.7. The molecule has 0 atom stereocenters. The summed E-state index contributed by atoms with van der Waals surface area (Å²) in [6.07, 6.45) is 0.910. The van der Waals surface area contributed by atoms with Crippen LogP contribution in [0.25, 0.3) is 0 Å². The molecule has 0 saturated carbocycles. The van der Waals surface area contributed by atoms with E-state index in [4.69, 9.17) is 4.74 Å². The van der Waals surface area contributed by atoms with Crippen LogP contribution in [0.4, 0.5) is 5.13 Å². The molecular formula is C23H25N3O2S. The van der Waals surface area contributed by atoms with Crippen LogP contribution >= 0.6 is 11.3 Å². The first-order valence-electron chi connectivity index (χ1n) is 9.82. The van der Waals surface area contributed by atoms with Crippen LogP contribution in [0.5, 0.6) is 5.75 Å². The van der Waals surface area contributed by atoms with Gasteiger partial charge in [-0.25, -0.2) is 4.98 Å². The molecule has 1 aromatic heterocycles. The molecule has 6 heteroatoms. The van der Waals surface area contributed by atoms with Gasteiger partial charge >= 0.3 is 0 Å². The fourth-order valence-electron chi connectivity index (χ4n) is 3.46. The molecule has 5 nitrogen and oxygen atoms in total. The van der Waals surface area contributed by atoms with Crippen molar-refractivity contribution < 1.29 is 9.53 Å². The largest absolute Gasteiger partial charge is 0.483 e. The van der Waals surface area contributed by atoms with Crippen molar-refractivity contribution in [3.05, 3.63) is 75.8 Å². The second-order valence-corrected chi connectivity index (χ2v) is 8.45. The number of carbonyl (C=O) groups is 1. The molecule has 2 heterocycles. The lowest BCUT2D eigenvalue weighted by Crippen LogP contribution is -2.29. The van der Waals surface area contributed by atoms with Gasteiger partial charge in [-0.3, -0.25) is 15.0 Å². The average molecular weight is 408 g/mol. The SMILES string of the molecule is Cc1cccc(OCC(=O)Nc2nc3c(s2)CN(Cc2ccccc2)CC3)c1C. The number of hydrogen-bond donors (Lipinski definition) is 1. The summed E-state index contributed by atoms with van der Waals surface area (Å²) in [6.45, 7) is 6.80. The number of fused-ring (bicyclic) bond motifs is 1. The van der Waals surface area contributed by atoms with E-state index in [1.807, 2.05) is 38.1 Å². The van der Waals surface area contributed by atoms with E-state index < -0.39 is 0 Å². The minimum atomic E-state index is -0.182. The molecule has 2 aromatic carbocycles. The van der Waals surface area contributed by atoms with E-state index in [9.17, 15) is 4.79 Å². The molecule has 1 amide bonds. The zero-order valence-corrected chi connectivity index (χ0v) is 17.6. The number of benzene rings is 2. The van der Waals surface area contributed by atoms with E-state index in [1.165, 1.54) is 10.4 Å². The molecule has 1 aliphatic heterocycles. The summed E-state index contributed by atoms with van der Waals surface area (Å²) in [5.74, 6) is 0.563. The molecule has 29 heavy (non-hydrogen) atoms. The Labute approximate surface area is 175 Å². The second kappa shape index (κ2) is 8.76. The number of carbonyl (C=O) groups excluding carboxylic acids is 1. The second-order valence-electron chi connectivity index (χ2n) is 7.37. The van der Waals surface area contributed by atoms with Gasteiger partial charge in [0.05, 0.1) is 5.69 Å². The van der Waals surface area contributed by atoms with E-state index in [1.54, 1.807) is 11.3 Å². The fourth-order valence-corrected chi connectivity index (χ4v) is 4.52. The molecule has 0 fully saturated rings. The molecule has 4 rings (SSSR count). The van der Waals surface area contributed by atoms with Crippen molar-refractivity contribution in [3.8, 4) is 5.75 Å². The summed E-state index contributed by atoms with van der Waals surface area (Å²) in [5.41, 5.74) is 4.63. The van der Waals surface area contributed by atoms with Gasteiger partial charge in [0.15, 0.2) is 11.7 Å². The number of thiazole rings is 1. The minimum absolute atomic E-state index is 0.0192. The van der Waals surface area contributed by atoms with Crippen molar-refractivity contribution in [2.24, 2.45) is 0 Å². The van der Waals surface area contributed by atoms with Gasteiger partial charge in [0.25, 0.3) is 5.91 Å². The van der Waals surface area contributed by atoms with E-state index in [0.717, 1.165) is 48.6 Å². The smallest absolute Gasteiger partial charge is 0.264 e. The maximum atomic E-state index is 12.3. The molecular weight excluding hydrogens is 382 g/mol. The Kier molecular flexibility index (Phi) is 5.92. The van der Waals surface area contributed by atoms with Gasteiger partial charge in [-0.1, -0.05) is 42.5 Å². The Morgan fingerprint density at radius 3 is 2.83 bits per heavy atom. The molecule has 1 N–H and O–H groups in total. The van der Waals surface area contributed by atoms with Crippen LogP contribution in [0.3, 0.4) is 0 Å². The summed E-state index contributed by atoms with van der Waals surface area (Å²) >= 11 is 1.56. The Hall–Kier alpha value is -2.70. The zero-order valence-electron chi connectivity index (χ0n) is 16.8. The topological polar surface area (TPSA) is 54.5 Å². The summed E-state index contributed by atoms with van der Waals surface area (Å²) in [6, 6.07) is 16.4. The van der Waals surface area contributed by atoms with Crippen molar-refractivity contribution in [2.45, 2.75) is 33.4 Å². The van der Waals surface area contributed by atoms with E-state index in [2.05, 4.69) is 39.5 Å². The molecule has 0 spiro atoms. The van der Waals surface area contributed by atoms with Crippen LogP contribution in [-0.2, 0) is 24.3 Å². The number of nitrogens with one attached hydrogen (secondary N) is 1. The molecule has 1 aliphatic rings. The summed E-state index contributed by atoms with van der Waals surface area (Å²) < 4.78 is 5.69. The number of aryl methyl sites for hydroxylation is 1. The monoisotopic (exact) mass is 407 g/mol. The molecule has 3 aromatic rings. The van der Waals surface area contributed by atoms with Gasteiger partial charge in [-0.15, -0.1) is 11.3 Å². The number of hydrogen-bond acceptors (Lipinski definition) is 5. The van der Waals surface area contributed by atoms with E-state index in [-0.39, 0.29) is 12.5 Å². The van der Waals surface area contributed by atoms with Crippen LogP contribution in [0.1, 0.15) is 27.3 Å². The maximum Gasteiger partial charge on any atom is 0.264 e. The molecule has 0 saturated heterocycles. The van der Waals surface area contributed by atoms with Gasteiger partial charge in [0, 0.05) is 30.9 Å². The minimum Gasteiger partial charge on any atom is -0.483 e. The van der Waals surface area contributed by atoms with Crippen molar-refractivity contribution in [3.63, 3.8) is 0 Å². The highest BCUT2D eigenvalue weighted by Gasteiger charge is 2.21. The van der Waals surface area contributed by atoms with E-state index in [0.29, 0.717) is 5.13 Å². The number of anilines is 1. The predicted octanol–water partition coefficient (Wildman–Crippen LogP) is 4.34. The summed E-state index contributed by atoms with van der Waals surface area (Å²) in [5, 5.41) is 3.55. The third-order valence-electron chi connectivity index (χ3n) is 5.22. The fraction of sp³-hybridized carbons (Fsp3) is 0.304. The highest BCUT2D eigenvalue weighted by molar-refractivity contribution is 7.15. The summed E-state index contributed by atoms with van der Waals surface area (Å²) in [7, 11) is 0. The lowest BCUT2D eigenvalue weighted by molar-refractivity contribution is -0.118. The Balaban J connectivity index is 1.33. The van der Waals surface area contributed by atoms with Crippen molar-refractivity contribution in [1.29, 1.82) is 0 Å². The van der Waals surface area contributed by atoms with Gasteiger partial charge in [-0.05, 0) is 36.6 Å². The van der Waals surface area contributed by atoms with Gasteiger partial charge in [0.2, 0.25) is 0 Å². The van der Waals surface area contributed by atoms with Crippen LogP contribution in [0.2, 0.25) is 0 Å². The van der Waals surface area contributed by atoms with Crippen molar-refractivity contribution in [2.75, 3.05) is 18.5 Å². The van der Waals surface area contributed by atoms with Crippen LogP contribution in [0.15, 0.2) is 48.5 Å². The first-order chi connectivity index (χ1) is 14.1. The standard InChI is InChI=1S/C23H25N3O2S/c1-16-7-6-10-20(17(16)2)28-15-22(27)25-23-24-19-11-12-26(14-21(19)29-23)13-18-8-4-3-5-9-18/h3-10H,11-15H2,1-2H3,(H,24,25,27). The van der Waals surface area contributed by atoms with Crippen molar-refractivity contribution >= 4 is 22.4 Å². The quantitative estimate of drug-likeness (QED) is 0.661. The number of ether oxygens (including phenoxy) is 1. The van der Waals surface area contributed by atoms with Gasteiger partial charge < -0.3 is 4.74 Å². The Morgan fingerprint density at radius 1 is 1.17 bits per heavy atom. The van der Waals surface area contributed by atoms with Gasteiger partial charge in [0.1, 0.15) is 5.75 Å². The van der Waals surface area contributed by atoms with Gasteiger partial charge in [-0.2, -0.15) is 0 Å². The highest BCUT2D eigenvalue weighted by Crippen LogP contribution is 2.29. The first kappa shape index (κ1) is 19.6.